The number of carbonyl (C=O) groups is 1. The second-order valence-electron chi connectivity index (χ2n) is 8.40. The molecule has 3 rings (SSSR count). The zero-order valence-corrected chi connectivity index (χ0v) is 19.2. The maximum atomic E-state index is 14.0. The number of para-hydroxylation sites is 1. The maximum absolute atomic E-state index is 14.0. The van der Waals surface area contributed by atoms with Crippen LogP contribution in [0.3, 0.4) is 0 Å². The summed E-state index contributed by atoms with van der Waals surface area (Å²) in [7, 11) is 0.951. The third-order valence-corrected chi connectivity index (χ3v) is 6.25. The van der Waals surface area contributed by atoms with E-state index in [-0.39, 0.29) is 17.1 Å². The van der Waals surface area contributed by atoms with Gasteiger partial charge in [-0.05, 0) is 13.0 Å². The summed E-state index contributed by atoms with van der Waals surface area (Å²) in [6.07, 6.45) is -11.0. The molecule has 0 aliphatic carbocycles. The average molecular weight is 523 g/mol. The van der Waals surface area contributed by atoms with Crippen molar-refractivity contribution in [3.63, 3.8) is 0 Å². The fourth-order valence-electron chi connectivity index (χ4n) is 4.16. The van der Waals surface area contributed by atoms with E-state index in [0.717, 1.165) is 51.6 Å². The molecule has 0 spiro atoms. The lowest BCUT2D eigenvalue weighted by atomic mass is 9.76. The van der Waals surface area contributed by atoms with E-state index >= 15 is 0 Å². The van der Waals surface area contributed by atoms with Crippen LogP contribution in [0.1, 0.15) is 42.8 Å². The minimum Gasteiger partial charge on any atom is -0.496 e. The number of amides is 1. The largest absolute Gasteiger partial charge is 0.496 e. The molecule has 1 fully saturated rings. The van der Waals surface area contributed by atoms with Gasteiger partial charge in [-0.1, -0.05) is 19.1 Å². The van der Waals surface area contributed by atoms with E-state index in [0.29, 0.717) is 0 Å². The molecule has 1 aromatic carbocycles. The number of aliphatic hydroxyl groups is 2. The van der Waals surface area contributed by atoms with Gasteiger partial charge in [-0.15, -0.1) is 0 Å². The lowest BCUT2D eigenvalue weighted by Crippen LogP contribution is -2.47. The van der Waals surface area contributed by atoms with Gasteiger partial charge in [-0.3, -0.25) is 4.79 Å². The first kappa shape index (κ1) is 27.6. The Bertz CT molecular complexity index is 1100. The first-order valence-electron chi connectivity index (χ1n) is 10.6. The monoisotopic (exact) mass is 523 g/mol. The van der Waals surface area contributed by atoms with Gasteiger partial charge in [0.2, 0.25) is 0 Å². The zero-order chi connectivity index (χ0) is 27.1. The van der Waals surface area contributed by atoms with Crippen molar-refractivity contribution < 1.29 is 50.8 Å². The van der Waals surface area contributed by atoms with E-state index < -0.39 is 65.8 Å². The van der Waals surface area contributed by atoms with Crippen LogP contribution in [0, 0.1) is 5.92 Å². The number of aromatic nitrogens is 2. The highest BCUT2D eigenvalue weighted by Crippen LogP contribution is 2.55. The topological polar surface area (TPSA) is 114 Å². The van der Waals surface area contributed by atoms with Crippen LogP contribution in [0.4, 0.5) is 32.0 Å². The van der Waals surface area contributed by atoms with Gasteiger partial charge < -0.3 is 25.0 Å². The molecule has 0 bridgehead atoms. The number of methoxy groups -OCH3 is 1. The van der Waals surface area contributed by atoms with Crippen LogP contribution in [0.2, 0.25) is 0 Å². The number of nitrogens with zero attached hydrogens (tertiary/aromatic N) is 2. The highest BCUT2D eigenvalue weighted by atomic mass is 19.4. The molecule has 0 saturated carbocycles. The Labute approximate surface area is 201 Å². The van der Waals surface area contributed by atoms with Crippen LogP contribution in [0.15, 0.2) is 30.6 Å². The number of hydrogen-bond acceptors (Lipinski definition) is 7. The van der Waals surface area contributed by atoms with Gasteiger partial charge in [0, 0.05) is 17.4 Å². The lowest BCUT2D eigenvalue weighted by molar-refractivity contribution is -0.272. The van der Waals surface area contributed by atoms with Gasteiger partial charge in [0.05, 0.1) is 37.4 Å². The molecule has 14 heteroatoms. The third-order valence-electron chi connectivity index (χ3n) is 6.25. The molecular formula is C22H23F6N3O5. The summed E-state index contributed by atoms with van der Waals surface area (Å²) < 4.78 is 93.0. The van der Waals surface area contributed by atoms with E-state index in [1.165, 1.54) is 0 Å². The lowest BCUT2D eigenvalue weighted by Gasteiger charge is -2.32. The second-order valence-corrected chi connectivity index (χ2v) is 8.40. The molecule has 5 atom stereocenters. The Kier molecular flexibility index (Phi) is 7.54. The summed E-state index contributed by atoms with van der Waals surface area (Å²) in [6, 6.07) is 2.90. The number of anilines is 1. The van der Waals surface area contributed by atoms with Gasteiger partial charge in [0.1, 0.15) is 18.0 Å². The maximum Gasteiger partial charge on any atom is 0.419 e. The first-order chi connectivity index (χ1) is 16.7. The van der Waals surface area contributed by atoms with Gasteiger partial charge >= 0.3 is 12.4 Å². The molecule has 198 valence electrons. The molecule has 0 unspecified atom stereocenters. The molecular weight excluding hydrogens is 500 g/mol. The van der Waals surface area contributed by atoms with Crippen LogP contribution >= 0.6 is 0 Å². The Morgan fingerprint density at radius 1 is 1.22 bits per heavy atom. The zero-order valence-electron chi connectivity index (χ0n) is 19.2. The molecule has 8 nitrogen and oxygen atoms in total. The van der Waals surface area contributed by atoms with E-state index in [2.05, 4.69) is 15.3 Å². The van der Waals surface area contributed by atoms with Crippen molar-refractivity contribution in [2.75, 3.05) is 19.0 Å². The Morgan fingerprint density at radius 2 is 1.83 bits per heavy atom. The number of nitrogens with one attached hydrogen (secondary N) is 1. The fraction of sp³-hybridized carbons (Fsp3) is 0.500. The molecule has 1 saturated heterocycles. The Hall–Kier alpha value is -2.97. The van der Waals surface area contributed by atoms with Crippen molar-refractivity contribution >= 4 is 11.6 Å². The summed E-state index contributed by atoms with van der Waals surface area (Å²) in [5.74, 6) is -4.94. The van der Waals surface area contributed by atoms with Crippen LogP contribution < -0.4 is 10.1 Å². The molecule has 1 amide bonds. The van der Waals surface area contributed by atoms with Crippen LogP contribution in [-0.4, -0.2) is 57.7 Å². The number of hydrogen-bond donors (Lipinski definition) is 3. The summed E-state index contributed by atoms with van der Waals surface area (Å²) in [5, 5.41) is 20.8. The summed E-state index contributed by atoms with van der Waals surface area (Å²) in [5.41, 5.74) is -4.43. The van der Waals surface area contributed by atoms with Crippen LogP contribution in [0.5, 0.6) is 5.75 Å². The van der Waals surface area contributed by atoms with Crippen molar-refractivity contribution in [1.29, 1.82) is 0 Å². The van der Waals surface area contributed by atoms with E-state index in [4.69, 9.17) is 14.6 Å². The Morgan fingerprint density at radius 3 is 2.33 bits per heavy atom. The average Bonchev–Trinajstić information content (AvgIpc) is 3.09. The number of carbonyl (C=O) groups excluding carboxylic acids is 1. The molecule has 2 heterocycles. The van der Waals surface area contributed by atoms with Gasteiger partial charge in [-0.2, -0.15) is 26.3 Å². The van der Waals surface area contributed by atoms with Crippen molar-refractivity contribution in [3.8, 4) is 5.75 Å². The first-order valence-corrected chi connectivity index (χ1v) is 10.6. The number of halogens is 6. The molecule has 1 aromatic heterocycles. The van der Waals surface area contributed by atoms with E-state index in [9.17, 15) is 36.2 Å². The normalized spacial score (nSPS) is 25.5. The van der Waals surface area contributed by atoms with Crippen LogP contribution in [0.25, 0.3) is 0 Å². The van der Waals surface area contributed by atoms with E-state index in [1.54, 1.807) is 0 Å². The summed E-state index contributed by atoms with van der Waals surface area (Å²) in [4.78, 5) is 20.6. The smallest absolute Gasteiger partial charge is 0.419 e. The molecule has 0 radical (unpaired) electrons. The van der Waals surface area contributed by atoms with Crippen molar-refractivity contribution in [2.24, 2.45) is 5.92 Å². The van der Waals surface area contributed by atoms with Gasteiger partial charge in [-0.25, -0.2) is 9.97 Å². The third kappa shape index (κ3) is 4.97. The van der Waals surface area contributed by atoms with Crippen molar-refractivity contribution in [3.05, 3.63) is 47.5 Å². The van der Waals surface area contributed by atoms with E-state index in [1.807, 2.05) is 0 Å². The minimum absolute atomic E-state index is 0.0829. The fourth-order valence-corrected chi connectivity index (χ4v) is 4.16. The number of alkyl halides is 6. The predicted octanol–water partition coefficient (Wildman–Crippen LogP) is 3.61. The molecule has 36 heavy (non-hydrogen) atoms. The molecule has 2 aromatic rings. The van der Waals surface area contributed by atoms with Crippen LogP contribution in [-0.2, 0) is 15.7 Å². The molecule has 1 aliphatic rings. The Balaban J connectivity index is 2.05. The van der Waals surface area contributed by atoms with Gasteiger partial charge in [0.15, 0.2) is 11.4 Å². The quantitative estimate of drug-likeness (QED) is 0.496. The number of benzene rings is 1. The number of rotatable bonds is 6. The SMILES string of the molecule is COc1c([C@@H]2[C@@H](C(=O)Nc3cnc([C@@H](O)CO)nc3)O[C@](C)(C(F)(F)F)[C@@H]2C)cccc1C(F)(F)F. The second kappa shape index (κ2) is 9.82. The molecule has 1 aliphatic heterocycles. The summed E-state index contributed by atoms with van der Waals surface area (Å²) in [6.45, 7) is 1.20. The highest BCUT2D eigenvalue weighted by molar-refractivity contribution is 5.95. The number of aliphatic hydroxyl groups excluding tert-OH is 2. The standard InChI is InChI=1S/C22H23F6N3O5/c1-10-15(12-5-4-6-13(16(12)35-3)21(23,24)25)17(36-20(10,2)22(26,27)28)19(34)31-11-7-29-18(30-8-11)14(33)9-32/h4-8,10,14-15,17,32-33H,9H2,1-3H3,(H,31,34)/t10-,14+,15-,17+,20+/m1/s1. The molecule has 3 N–H and O–H groups in total. The predicted molar refractivity (Wildman–Crippen MR) is 112 cm³/mol. The highest BCUT2D eigenvalue weighted by Gasteiger charge is 2.66. The number of ether oxygens (including phenoxy) is 2. The van der Waals surface area contributed by atoms with Crippen molar-refractivity contribution in [1.82, 2.24) is 9.97 Å². The summed E-state index contributed by atoms with van der Waals surface area (Å²) >= 11 is 0. The van der Waals surface area contributed by atoms with Crippen molar-refractivity contribution in [2.45, 2.75) is 49.9 Å². The van der Waals surface area contributed by atoms with Gasteiger partial charge in [0.25, 0.3) is 5.91 Å². The minimum atomic E-state index is -4.96.